The van der Waals surface area contributed by atoms with Crippen LogP contribution in [0.1, 0.15) is 5.56 Å². The van der Waals surface area contributed by atoms with Crippen molar-refractivity contribution < 1.29 is 9.63 Å². The SMILES string of the molecule is Cc1ccc(-c2noc(-c3cc(O)ccc3Cl)n2)cc1Br. The standard InChI is InChI=1S/C15H10BrClN2O2/c1-8-2-3-9(6-12(8)16)14-18-15(21-19-14)11-7-10(20)4-5-13(11)17/h2-7,20H,1H3. The molecule has 3 rings (SSSR count). The number of rotatable bonds is 2. The van der Waals surface area contributed by atoms with Gasteiger partial charge in [0.25, 0.3) is 5.89 Å². The zero-order valence-corrected chi connectivity index (χ0v) is 13.3. The highest BCUT2D eigenvalue weighted by molar-refractivity contribution is 9.10. The molecule has 106 valence electrons. The van der Waals surface area contributed by atoms with Crippen LogP contribution in [-0.4, -0.2) is 15.2 Å². The Hall–Kier alpha value is -1.85. The van der Waals surface area contributed by atoms with Gasteiger partial charge in [0.1, 0.15) is 5.75 Å². The number of aryl methyl sites for hydroxylation is 1. The van der Waals surface area contributed by atoms with Crippen LogP contribution in [0.15, 0.2) is 45.4 Å². The second-order valence-corrected chi connectivity index (χ2v) is 5.81. The van der Waals surface area contributed by atoms with E-state index in [4.69, 9.17) is 16.1 Å². The summed E-state index contributed by atoms with van der Waals surface area (Å²) in [5, 5.41) is 13.9. The van der Waals surface area contributed by atoms with Crippen molar-refractivity contribution >= 4 is 27.5 Å². The molecule has 0 saturated carbocycles. The van der Waals surface area contributed by atoms with Crippen LogP contribution in [0.25, 0.3) is 22.8 Å². The van der Waals surface area contributed by atoms with Crippen molar-refractivity contribution in [3.05, 3.63) is 51.5 Å². The molecule has 0 bridgehead atoms. The van der Waals surface area contributed by atoms with E-state index < -0.39 is 0 Å². The zero-order valence-electron chi connectivity index (χ0n) is 11.0. The van der Waals surface area contributed by atoms with Gasteiger partial charge in [-0.2, -0.15) is 4.98 Å². The lowest BCUT2D eigenvalue weighted by molar-refractivity contribution is 0.431. The van der Waals surface area contributed by atoms with Crippen LogP contribution in [0, 0.1) is 6.92 Å². The normalized spacial score (nSPS) is 10.8. The van der Waals surface area contributed by atoms with Gasteiger partial charge in [0.15, 0.2) is 0 Å². The molecule has 4 nitrogen and oxygen atoms in total. The van der Waals surface area contributed by atoms with E-state index in [1.807, 2.05) is 25.1 Å². The van der Waals surface area contributed by atoms with Crippen LogP contribution in [0.5, 0.6) is 5.75 Å². The Morgan fingerprint density at radius 1 is 1.19 bits per heavy atom. The predicted molar refractivity (Wildman–Crippen MR) is 84.3 cm³/mol. The number of phenols is 1. The summed E-state index contributed by atoms with van der Waals surface area (Å²) in [6.45, 7) is 2.00. The number of hydrogen-bond donors (Lipinski definition) is 1. The van der Waals surface area contributed by atoms with E-state index in [1.54, 1.807) is 6.07 Å². The summed E-state index contributed by atoms with van der Waals surface area (Å²) in [6.07, 6.45) is 0. The van der Waals surface area contributed by atoms with Gasteiger partial charge in [0, 0.05) is 10.0 Å². The summed E-state index contributed by atoms with van der Waals surface area (Å²) >= 11 is 9.56. The molecule has 0 fully saturated rings. The fourth-order valence-corrected chi connectivity index (χ4v) is 2.44. The van der Waals surface area contributed by atoms with Gasteiger partial charge < -0.3 is 9.63 Å². The number of halogens is 2. The van der Waals surface area contributed by atoms with Crippen molar-refractivity contribution in [2.75, 3.05) is 0 Å². The minimum atomic E-state index is 0.0900. The highest BCUT2D eigenvalue weighted by atomic mass is 79.9. The van der Waals surface area contributed by atoms with E-state index in [0.29, 0.717) is 16.4 Å². The average Bonchev–Trinajstić information content (AvgIpc) is 2.94. The molecule has 1 aromatic heterocycles. The summed E-state index contributed by atoms with van der Waals surface area (Å²) in [4.78, 5) is 4.33. The first-order chi connectivity index (χ1) is 10.0. The smallest absolute Gasteiger partial charge is 0.259 e. The number of aromatic nitrogens is 2. The molecule has 1 heterocycles. The van der Waals surface area contributed by atoms with E-state index in [-0.39, 0.29) is 11.6 Å². The lowest BCUT2D eigenvalue weighted by atomic mass is 10.1. The van der Waals surface area contributed by atoms with Gasteiger partial charge in [-0.1, -0.05) is 44.8 Å². The van der Waals surface area contributed by atoms with E-state index >= 15 is 0 Å². The van der Waals surface area contributed by atoms with Crippen molar-refractivity contribution in [3.63, 3.8) is 0 Å². The number of aromatic hydroxyl groups is 1. The van der Waals surface area contributed by atoms with Crippen LogP contribution in [-0.2, 0) is 0 Å². The highest BCUT2D eigenvalue weighted by Crippen LogP contribution is 2.31. The van der Waals surface area contributed by atoms with Crippen LogP contribution in [0.3, 0.4) is 0 Å². The van der Waals surface area contributed by atoms with Gasteiger partial charge in [-0.25, -0.2) is 0 Å². The minimum absolute atomic E-state index is 0.0900. The molecule has 0 radical (unpaired) electrons. The van der Waals surface area contributed by atoms with Crippen LogP contribution in [0.2, 0.25) is 5.02 Å². The Bertz CT molecular complexity index is 817. The topological polar surface area (TPSA) is 59.2 Å². The Labute approximate surface area is 134 Å². The maximum absolute atomic E-state index is 9.53. The number of benzene rings is 2. The Morgan fingerprint density at radius 2 is 2.00 bits per heavy atom. The average molecular weight is 366 g/mol. The molecule has 0 aliphatic rings. The third-order valence-corrected chi connectivity index (χ3v) is 4.22. The molecule has 0 aliphatic carbocycles. The summed E-state index contributed by atoms with van der Waals surface area (Å²) < 4.78 is 6.21. The second-order valence-electron chi connectivity index (χ2n) is 4.55. The van der Waals surface area contributed by atoms with Crippen molar-refractivity contribution in [2.24, 2.45) is 0 Å². The molecule has 2 aromatic carbocycles. The molecule has 0 amide bonds. The monoisotopic (exact) mass is 364 g/mol. The van der Waals surface area contributed by atoms with E-state index in [2.05, 4.69) is 26.1 Å². The summed E-state index contributed by atoms with van der Waals surface area (Å²) in [7, 11) is 0. The molecule has 0 unspecified atom stereocenters. The molecule has 21 heavy (non-hydrogen) atoms. The molecular formula is C15H10BrClN2O2. The molecule has 0 saturated heterocycles. The summed E-state index contributed by atoms with van der Waals surface area (Å²) in [5.74, 6) is 0.819. The van der Waals surface area contributed by atoms with E-state index in [9.17, 15) is 5.11 Å². The maximum Gasteiger partial charge on any atom is 0.259 e. The highest BCUT2D eigenvalue weighted by Gasteiger charge is 2.14. The lowest BCUT2D eigenvalue weighted by Gasteiger charge is -2.00. The minimum Gasteiger partial charge on any atom is -0.508 e. The molecule has 0 aliphatic heterocycles. The first kappa shape index (κ1) is 14.1. The van der Waals surface area contributed by atoms with Gasteiger partial charge in [0.05, 0.1) is 10.6 Å². The third-order valence-electron chi connectivity index (χ3n) is 3.04. The Balaban J connectivity index is 2.03. The van der Waals surface area contributed by atoms with Crippen LogP contribution >= 0.6 is 27.5 Å². The van der Waals surface area contributed by atoms with Crippen molar-refractivity contribution in [3.8, 4) is 28.6 Å². The quantitative estimate of drug-likeness (QED) is 0.706. The van der Waals surface area contributed by atoms with Crippen LogP contribution in [0.4, 0.5) is 0 Å². The molecule has 0 spiro atoms. The molecule has 3 aromatic rings. The number of hydrogen-bond acceptors (Lipinski definition) is 4. The van der Waals surface area contributed by atoms with E-state index in [1.165, 1.54) is 12.1 Å². The van der Waals surface area contributed by atoms with Gasteiger partial charge in [-0.3, -0.25) is 0 Å². The summed E-state index contributed by atoms with van der Waals surface area (Å²) in [5.41, 5.74) is 2.46. The van der Waals surface area contributed by atoms with Gasteiger partial charge in [-0.15, -0.1) is 0 Å². The fourth-order valence-electron chi connectivity index (χ4n) is 1.86. The first-order valence-electron chi connectivity index (χ1n) is 6.14. The zero-order chi connectivity index (χ0) is 15.0. The van der Waals surface area contributed by atoms with Gasteiger partial charge in [0.2, 0.25) is 5.82 Å². The summed E-state index contributed by atoms with van der Waals surface area (Å²) in [6, 6.07) is 10.4. The van der Waals surface area contributed by atoms with E-state index in [0.717, 1.165) is 15.6 Å². The largest absolute Gasteiger partial charge is 0.508 e. The van der Waals surface area contributed by atoms with Crippen LogP contribution < -0.4 is 0 Å². The fraction of sp³-hybridized carbons (Fsp3) is 0.0667. The predicted octanol–water partition coefficient (Wildman–Crippen LogP) is 4.83. The molecule has 0 atom stereocenters. The Kier molecular flexibility index (Phi) is 3.69. The van der Waals surface area contributed by atoms with Gasteiger partial charge in [-0.05, 0) is 36.8 Å². The maximum atomic E-state index is 9.53. The third kappa shape index (κ3) is 2.80. The Morgan fingerprint density at radius 3 is 2.76 bits per heavy atom. The number of nitrogens with zero attached hydrogens (tertiary/aromatic N) is 2. The van der Waals surface area contributed by atoms with Crippen molar-refractivity contribution in [1.82, 2.24) is 10.1 Å². The second kappa shape index (κ2) is 5.50. The lowest BCUT2D eigenvalue weighted by Crippen LogP contribution is -1.84. The van der Waals surface area contributed by atoms with Crippen molar-refractivity contribution in [1.29, 1.82) is 0 Å². The number of phenolic OH excluding ortho intramolecular Hbond substituents is 1. The molecule has 6 heteroatoms. The van der Waals surface area contributed by atoms with Gasteiger partial charge >= 0.3 is 0 Å². The molecule has 1 N–H and O–H groups in total. The molecular weight excluding hydrogens is 356 g/mol. The van der Waals surface area contributed by atoms with Crippen molar-refractivity contribution in [2.45, 2.75) is 6.92 Å². The first-order valence-corrected chi connectivity index (χ1v) is 7.31.